The molecule has 60 valence electrons. The van der Waals surface area contributed by atoms with E-state index in [0.29, 0.717) is 0 Å². The van der Waals surface area contributed by atoms with E-state index in [-0.39, 0.29) is 0 Å². The summed E-state index contributed by atoms with van der Waals surface area (Å²) in [4.78, 5) is 4.84. The molecule has 1 aliphatic heterocycles. The van der Waals surface area contributed by atoms with Crippen LogP contribution in [0, 0.1) is 0 Å². The predicted octanol–water partition coefficient (Wildman–Crippen LogP) is 0.641. The molecule has 0 saturated carbocycles. The molecule has 0 aliphatic carbocycles. The van der Waals surface area contributed by atoms with Gasteiger partial charge in [0.1, 0.15) is 0 Å². The Kier molecular flexibility index (Phi) is 2.32. The summed E-state index contributed by atoms with van der Waals surface area (Å²) < 4.78 is 0. The maximum Gasteiger partial charge on any atom is 0.0192 e. The van der Waals surface area contributed by atoms with Crippen molar-refractivity contribution in [2.75, 3.05) is 27.2 Å². The van der Waals surface area contributed by atoms with E-state index in [1.54, 1.807) is 0 Å². The Bertz CT molecular complexity index is 87.8. The monoisotopic (exact) mass is 142 g/mol. The second-order valence-corrected chi connectivity index (χ2v) is 3.58. The minimum atomic E-state index is 0.723. The summed E-state index contributed by atoms with van der Waals surface area (Å²) in [7, 11) is 4.41. The Labute approximate surface area is 63.8 Å². The van der Waals surface area contributed by atoms with E-state index in [1.165, 1.54) is 13.1 Å². The van der Waals surface area contributed by atoms with Gasteiger partial charge in [0.2, 0.25) is 0 Å². The second kappa shape index (κ2) is 2.89. The lowest BCUT2D eigenvalue weighted by atomic mass is 10.1. The summed E-state index contributed by atoms with van der Waals surface area (Å²) in [6.07, 6.45) is 0. The highest BCUT2D eigenvalue weighted by molar-refractivity contribution is 4.79. The molecule has 0 aromatic carbocycles. The van der Waals surface area contributed by atoms with Crippen LogP contribution in [0.5, 0.6) is 0 Å². The fourth-order valence-corrected chi connectivity index (χ4v) is 1.47. The zero-order valence-corrected chi connectivity index (χ0v) is 7.46. The third kappa shape index (κ3) is 1.50. The molecule has 0 bridgehead atoms. The number of hydrogen-bond donors (Lipinski definition) is 0. The van der Waals surface area contributed by atoms with Crippen molar-refractivity contribution in [3.05, 3.63) is 0 Å². The van der Waals surface area contributed by atoms with Gasteiger partial charge >= 0.3 is 0 Å². The molecule has 1 fully saturated rings. The lowest BCUT2D eigenvalue weighted by Gasteiger charge is -2.40. The molecule has 10 heavy (non-hydrogen) atoms. The Morgan fingerprint density at radius 1 is 0.900 bits per heavy atom. The lowest BCUT2D eigenvalue weighted by molar-refractivity contribution is 0.0803. The molecule has 1 saturated heterocycles. The molecule has 1 rings (SSSR count). The first-order chi connectivity index (χ1) is 4.61. The van der Waals surface area contributed by atoms with E-state index in [0.717, 1.165) is 12.1 Å². The van der Waals surface area contributed by atoms with Crippen LogP contribution in [-0.4, -0.2) is 49.1 Å². The van der Waals surface area contributed by atoms with E-state index in [4.69, 9.17) is 0 Å². The van der Waals surface area contributed by atoms with Gasteiger partial charge in [0, 0.05) is 25.2 Å². The van der Waals surface area contributed by atoms with Crippen LogP contribution in [0.2, 0.25) is 0 Å². The van der Waals surface area contributed by atoms with Crippen LogP contribution in [-0.2, 0) is 0 Å². The first-order valence-corrected chi connectivity index (χ1v) is 4.01. The van der Waals surface area contributed by atoms with Crippen molar-refractivity contribution < 1.29 is 0 Å². The maximum absolute atomic E-state index is 2.42. The average Bonchev–Trinajstić information content (AvgIpc) is 1.84. The molecule has 0 unspecified atom stereocenters. The highest BCUT2D eigenvalue weighted by Gasteiger charge is 2.22. The number of likely N-dealkylation sites (N-methyl/N-ethyl adjacent to an activating group) is 2. The predicted molar refractivity (Wildman–Crippen MR) is 44.2 cm³/mol. The smallest absolute Gasteiger partial charge is 0.0192 e. The molecule has 1 heterocycles. The second-order valence-electron chi connectivity index (χ2n) is 3.58. The van der Waals surface area contributed by atoms with Crippen LogP contribution in [0.1, 0.15) is 13.8 Å². The van der Waals surface area contributed by atoms with Gasteiger partial charge in [-0.3, -0.25) is 0 Å². The number of nitrogens with zero attached hydrogens (tertiary/aromatic N) is 2. The van der Waals surface area contributed by atoms with Gasteiger partial charge in [0.25, 0.3) is 0 Å². The summed E-state index contributed by atoms with van der Waals surface area (Å²) in [5, 5.41) is 0. The van der Waals surface area contributed by atoms with Crippen molar-refractivity contribution in [1.82, 2.24) is 9.80 Å². The van der Waals surface area contributed by atoms with Crippen molar-refractivity contribution in [1.29, 1.82) is 0 Å². The first-order valence-electron chi connectivity index (χ1n) is 4.01. The van der Waals surface area contributed by atoms with Crippen molar-refractivity contribution in [3.63, 3.8) is 0 Å². The van der Waals surface area contributed by atoms with Crippen LogP contribution in [0.4, 0.5) is 0 Å². The van der Waals surface area contributed by atoms with E-state index in [9.17, 15) is 0 Å². The third-order valence-electron chi connectivity index (χ3n) is 2.61. The van der Waals surface area contributed by atoms with Gasteiger partial charge in [-0.2, -0.15) is 0 Å². The Balaban J connectivity index is 2.46. The highest BCUT2D eigenvalue weighted by atomic mass is 15.3. The summed E-state index contributed by atoms with van der Waals surface area (Å²) in [5.74, 6) is 0. The van der Waals surface area contributed by atoms with Gasteiger partial charge < -0.3 is 9.80 Å². The Hall–Kier alpha value is -0.0800. The minimum Gasteiger partial charge on any atom is -0.301 e. The molecule has 2 atom stereocenters. The van der Waals surface area contributed by atoms with E-state index in [1.807, 2.05) is 0 Å². The summed E-state index contributed by atoms with van der Waals surface area (Å²) in [5.41, 5.74) is 0. The molecule has 0 amide bonds. The maximum atomic E-state index is 2.42. The molecule has 0 aromatic rings. The molecular formula is C8H18N2. The van der Waals surface area contributed by atoms with E-state index < -0.39 is 0 Å². The molecule has 0 N–H and O–H groups in total. The molecule has 2 heteroatoms. The Morgan fingerprint density at radius 2 is 1.20 bits per heavy atom. The van der Waals surface area contributed by atoms with Crippen molar-refractivity contribution >= 4 is 0 Å². The summed E-state index contributed by atoms with van der Waals surface area (Å²) >= 11 is 0. The number of rotatable bonds is 0. The van der Waals surface area contributed by atoms with Crippen molar-refractivity contribution in [2.24, 2.45) is 0 Å². The van der Waals surface area contributed by atoms with E-state index in [2.05, 4.69) is 37.7 Å². The minimum absolute atomic E-state index is 0.723. The largest absolute Gasteiger partial charge is 0.301 e. The van der Waals surface area contributed by atoms with Gasteiger partial charge in [-0.15, -0.1) is 0 Å². The average molecular weight is 142 g/mol. The van der Waals surface area contributed by atoms with Gasteiger partial charge in [-0.05, 0) is 27.9 Å². The van der Waals surface area contributed by atoms with Crippen LogP contribution in [0.25, 0.3) is 0 Å². The first kappa shape index (κ1) is 8.02. The topological polar surface area (TPSA) is 6.48 Å². The standard InChI is InChI=1S/C8H18N2/c1-7-5-10(4)8(2)6-9(7)3/h7-8H,5-6H2,1-4H3/t7-,8-/m1/s1. The normalized spacial score (nSPS) is 38.4. The molecule has 0 spiro atoms. The van der Waals surface area contributed by atoms with Gasteiger partial charge in [0.05, 0.1) is 0 Å². The fraction of sp³-hybridized carbons (Fsp3) is 1.00. The van der Waals surface area contributed by atoms with Crippen molar-refractivity contribution in [2.45, 2.75) is 25.9 Å². The number of hydrogen-bond acceptors (Lipinski definition) is 2. The third-order valence-corrected chi connectivity index (χ3v) is 2.61. The summed E-state index contributed by atoms with van der Waals surface area (Å²) in [6, 6.07) is 1.45. The SMILES string of the molecule is C[C@@H]1CN(C)[C@H](C)CN1C. The molecule has 2 nitrogen and oxygen atoms in total. The van der Waals surface area contributed by atoms with Crippen LogP contribution >= 0.6 is 0 Å². The van der Waals surface area contributed by atoms with Crippen LogP contribution < -0.4 is 0 Å². The summed E-state index contributed by atoms with van der Waals surface area (Å²) in [6.45, 7) is 6.97. The quantitative estimate of drug-likeness (QED) is 0.490. The fourth-order valence-electron chi connectivity index (χ4n) is 1.47. The van der Waals surface area contributed by atoms with Crippen LogP contribution in [0.3, 0.4) is 0 Å². The molecule has 1 aliphatic rings. The molecule has 0 aromatic heterocycles. The van der Waals surface area contributed by atoms with Crippen molar-refractivity contribution in [3.8, 4) is 0 Å². The van der Waals surface area contributed by atoms with E-state index >= 15 is 0 Å². The number of piperazine rings is 1. The molecule has 0 radical (unpaired) electrons. The zero-order valence-electron chi connectivity index (χ0n) is 7.46. The Morgan fingerprint density at radius 3 is 1.50 bits per heavy atom. The van der Waals surface area contributed by atoms with Gasteiger partial charge in [-0.1, -0.05) is 0 Å². The van der Waals surface area contributed by atoms with Crippen LogP contribution in [0.15, 0.2) is 0 Å². The van der Waals surface area contributed by atoms with Gasteiger partial charge in [0.15, 0.2) is 0 Å². The lowest BCUT2D eigenvalue weighted by Crippen LogP contribution is -2.53. The highest BCUT2D eigenvalue weighted by Crippen LogP contribution is 2.09. The van der Waals surface area contributed by atoms with Gasteiger partial charge in [-0.25, -0.2) is 0 Å². The molecular weight excluding hydrogens is 124 g/mol. The zero-order chi connectivity index (χ0) is 7.72.